The summed E-state index contributed by atoms with van der Waals surface area (Å²) >= 11 is 0. The maximum atomic E-state index is 11.0. The number of nitro benzene ring substituents is 2. The molecule has 9 nitrogen and oxygen atoms in total. The first kappa shape index (κ1) is 15.7. The van der Waals surface area contributed by atoms with Crippen molar-refractivity contribution in [3.63, 3.8) is 0 Å². The Bertz CT molecular complexity index is 789. The van der Waals surface area contributed by atoms with E-state index in [1.165, 1.54) is 36.4 Å². The predicted octanol–water partition coefficient (Wildman–Crippen LogP) is 2.95. The summed E-state index contributed by atoms with van der Waals surface area (Å²) in [5.41, 5.74) is 0.972. The van der Waals surface area contributed by atoms with Gasteiger partial charge in [0, 0.05) is 35.4 Å². The van der Waals surface area contributed by atoms with Crippen LogP contribution >= 0.6 is 0 Å². The van der Waals surface area contributed by atoms with Crippen molar-refractivity contribution in [3.8, 4) is 11.5 Å². The molecule has 1 heterocycles. The first-order valence-electron chi connectivity index (χ1n) is 6.92. The van der Waals surface area contributed by atoms with E-state index in [1.54, 1.807) is 0 Å². The van der Waals surface area contributed by atoms with Crippen LogP contribution in [-0.2, 0) is 18.0 Å². The van der Waals surface area contributed by atoms with Gasteiger partial charge in [0.1, 0.15) is 18.1 Å². The van der Waals surface area contributed by atoms with E-state index in [9.17, 15) is 20.2 Å². The molecular weight excluding hydrogens is 320 g/mol. The van der Waals surface area contributed by atoms with Gasteiger partial charge in [0.15, 0.2) is 6.79 Å². The van der Waals surface area contributed by atoms with Crippen LogP contribution in [0.3, 0.4) is 0 Å². The lowest BCUT2D eigenvalue weighted by atomic mass is 10.1. The third-order valence-electron chi connectivity index (χ3n) is 3.42. The number of hydrogen-bond donors (Lipinski definition) is 0. The van der Waals surface area contributed by atoms with E-state index in [4.69, 9.17) is 14.2 Å². The Balaban J connectivity index is 1.82. The molecule has 0 amide bonds. The number of non-ortho nitro benzene ring substituents is 2. The van der Waals surface area contributed by atoms with E-state index in [-0.39, 0.29) is 31.4 Å². The number of ether oxygens (including phenoxy) is 3. The minimum absolute atomic E-state index is 0.0296. The molecule has 0 atom stereocenters. The van der Waals surface area contributed by atoms with Gasteiger partial charge in [-0.1, -0.05) is 0 Å². The van der Waals surface area contributed by atoms with Crippen molar-refractivity contribution in [2.75, 3.05) is 6.79 Å². The Morgan fingerprint density at radius 2 is 1.75 bits per heavy atom. The number of nitrogens with zero attached hydrogens (tertiary/aromatic N) is 2. The summed E-state index contributed by atoms with van der Waals surface area (Å²) in [4.78, 5) is 20.7. The van der Waals surface area contributed by atoms with Crippen molar-refractivity contribution in [2.45, 2.75) is 13.2 Å². The van der Waals surface area contributed by atoms with Crippen molar-refractivity contribution < 1.29 is 24.1 Å². The molecule has 1 aliphatic heterocycles. The van der Waals surface area contributed by atoms with Crippen LogP contribution in [0.5, 0.6) is 11.5 Å². The zero-order chi connectivity index (χ0) is 17.1. The van der Waals surface area contributed by atoms with Gasteiger partial charge in [0.2, 0.25) is 0 Å². The summed E-state index contributed by atoms with van der Waals surface area (Å²) in [5, 5.41) is 21.7. The molecule has 1 aliphatic rings. The molecule has 2 aromatic carbocycles. The van der Waals surface area contributed by atoms with Gasteiger partial charge < -0.3 is 14.2 Å². The molecule has 0 N–H and O–H groups in total. The lowest BCUT2D eigenvalue weighted by molar-refractivity contribution is -0.385. The Morgan fingerprint density at radius 1 is 1.04 bits per heavy atom. The molecule has 0 saturated carbocycles. The summed E-state index contributed by atoms with van der Waals surface area (Å²) in [6.07, 6.45) is 0. The molecule has 2 aromatic rings. The topological polar surface area (TPSA) is 114 Å². The van der Waals surface area contributed by atoms with Gasteiger partial charge in [-0.2, -0.15) is 0 Å². The Labute approximate surface area is 135 Å². The molecular formula is C15H12N2O7. The largest absolute Gasteiger partial charge is 0.489 e. The second kappa shape index (κ2) is 6.50. The molecule has 0 radical (unpaired) electrons. The molecule has 0 aliphatic carbocycles. The second-order valence-corrected chi connectivity index (χ2v) is 5.00. The van der Waals surface area contributed by atoms with Gasteiger partial charge in [-0.25, -0.2) is 0 Å². The summed E-state index contributed by atoms with van der Waals surface area (Å²) in [5.74, 6) is 0.918. The van der Waals surface area contributed by atoms with Crippen LogP contribution < -0.4 is 9.47 Å². The van der Waals surface area contributed by atoms with Gasteiger partial charge in [-0.15, -0.1) is 0 Å². The summed E-state index contributed by atoms with van der Waals surface area (Å²) in [7, 11) is 0. The van der Waals surface area contributed by atoms with Crippen molar-refractivity contribution >= 4 is 11.4 Å². The van der Waals surface area contributed by atoms with Crippen LogP contribution in [0.25, 0.3) is 0 Å². The van der Waals surface area contributed by atoms with E-state index in [1.807, 2.05) is 0 Å². The minimum atomic E-state index is -0.505. The number of benzene rings is 2. The maximum Gasteiger partial charge on any atom is 0.270 e. The van der Waals surface area contributed by atoms with Crippen LogP contribution in [0, 0.1) is 20.2 Å². The molecule has 0 bridgehead atoms. The highest BCUT2D eigenvalue weighted by Gasteiger charge is 2.21. The summed E-state index contributed by atoms with van der Waals surface area (Å²) in [6, 6.07) is 8.36. The molecule has 0 unspecified atom stereocenters. The normalized spacial score (nSPS) is 12.8. The lowest BCUT2D eigenvalue weighted by Crippen LogP contribution is -2.14. The first-order chi connectivity index (χ1) is 11.5. The average Bonchev–Trinajstić information content (AvgIpc) is 2.59. The van der Waals surface area contributed by atoms with Gasteiger partial charge in [-0.05, 0) is 12.1 Å². The molecule has 0 saturated heterocycles. The number of hydrogen-bond acceptors (Lipinski definition) is 7. The van der Waals surface area contributed by atoms with E-state index in [2.05, 4.69) is 0 Å². The zero-order valence-corrected chi connectivity index (χ0v) is 12.3. The first-order valence-corrected chi connectivity index (χ1v) is 6.92. The van der Waals surface area contributed by atoms with Crippen molar-refractivity contribution in [1.82, 2.24) is 0 Å². The second-order valence-electron chi connectivity index (χ2n) is 5.00. The van der Waals surface area contributed by atoms with Gasteiger partial charge in [0.05, 0.1) is 16.5 Å². The highest BCUT2D eigenvalue weighted by atomic mass is 16.7. The SMILES string of the molecule is O=[N+]([O-])c1ccc(OCc2cc([N+](=O)[O-])cc3c2OCOC3)cc1. The van der Waals surface area contributed by atoms with Crippen LogP contribution in [0.4, 0.5) is 11.4 Å². The fraction of sp³-hybridized carbons (Fsp3) is 0.200. The summed E-state index contributed by atoms with van der Waals surface area (Å²) in [6.45, 7) is 0.318. The van der Waals surface area contributed by atoms with Crippen molar-refractivity contribution in [1.29, 1.82) is 0 Å². The van der Waals surface area contributed by atoms with Crippen LogP contribution in [-0.4, -0.2) is 16.6 Å². The smallest absolute Gasteiger partial charge is 0.270 e. The number of fused-ring (bicyclic) bond motifs is 1. The third kappa shape index (κ3) is 3.25. The van der Waals surface area contributed by atoms with E-state index < -0.39 is 9.85 Å². The Hall–Kier alpha value is -3.20. The maximum absolute atomic E-state index is 11.0. The zero-order valence-electron chi connectivity index (χ0n) is 12.3. The molecule has 0 aromatic heterocycles. The molecule has 9 heteroatoms. The monoisotopic (exact) mass is 332 g/mol. The molecule has 24 heavy (non-hydrogen) atoms. The van der Waals surface area contributed by atoms with Crippen molar-refractivity contribution in [3.05, 3.63) is 67.8 Å². The highest BCUT2D eigenvalue weighted by molar-refractivity contribution is 5.50. The molecule has 3 rings (SSSR count). The quantitative estimate of drug-likeness (QED) is 0.610. The minimum Gasteiger partial charge on any atom is -0.489 e. The van der Waals surface area contributed by atoms with Crippen molar-refractivity contribution in [2.24, 2.45) is 0 Å². The predicted molar refractivity (Wildman–Crippen MR) is 80.8 cm³/mol. The van der Waals surface area contributed by atoms with E-state index in [0.29, 0.717) is 22.6 Å². The average molecular weight is 332 g/mol. The standard InChI is InChI=1S/C15H12N2O7/c18-16(19)12-1-3-14(4-2-12)23-8-11-6-13(17(20)21)5-10-7-22-9-24-15(10)11/h1-6H,7-9H2. The van der Waals surface area contributed by atoms with E-state index >= 15 is 0 Å². The van der Waals surface area contributed by atoms with Crippen LogP contribution in [0.15, 0.2) is 36.4 Å². The fourth-order valence-electron chi connectivity index (χ4n) is 2.32. The Kier molecular flexibility index (Phi) is 4.25. The van der Waals surface area contributed by atoms with Gasteiger partial charge in [-0.3, -0.25) is 20.2 Å². The van der Waals surface area contributed by atoms with E-state index in [0.717, 1.165) is 0 Å². The van der Waals surface area contributed by atoms with Gasteiger partial charge >= 0.3 is 0 Å². The molecule has 124 valence electrons. The highest BCUT2D eigenvalue weighted by Crippen LogP contribution is 2.33. The summed E-state index contributed by atoms with van der Waals surface area (Å²) < 4.78 is 16.1. The Morgan fingerprint density at radius 3 is 2.42 bits per heavy atom. The third-order valence-corrected chi connectivity index (χ3v) is 3.42. The molecule has 0 spiro atoms. The lowest BCUT2D eigenvalue weighted by Gasteiger charge is -2.20. The molecule has 0 fully saturated rings. The number of nitro groups is 2. The van der Waals surface area contributed by atoms with Crippen LogP contribution in [0.2, 0.25) is 0 Å². The van der Waals surface area contributed by atoms with Crippen LogP contribution in [0.1, 0.15) is 11.1 Å². The van der Waals surface area contributed by atoms with Gasteiger partial charge in [0.25, 0.3) is 11.4 Å². The number of rotatable bonds is 5. The fourth-order valence-corrected chi connectivity index (χ4v) is 2.32.